The Morgan fingerprint density at radius 1 is 1.20 bits per heavy atom. The van der Waals surface area contributed by atoms with Crippen molar-refractivity contribution in [2.75, 3.05) is 13.1 Å². The van der Waals surface area contributed by atoms with Gasteiger partial charge in [0.1, 0.15) is 5.75 Å². The molecule has 0 radical (unpaired) electrons. The van der Waals surface area contributed by atoms with Gasteiger partial charge in [-0.1, -0.05) is 23.7 Å². The number of phenolic OH excluding ortho intramolecular Hbond substituents is 1. The maximum atomic E-state index is 12.7. The highest BCUT2D eigenvalue weighted by molar-refractivity contribution is 6.31. The Morgan fingerprint density at radius 3 is 2.90 bits per heavy atom. The number of carbonyl (C=O) groups is 1. The highest BCUT2D eigenvalue weighted by Gasteiger charge is 2.20. The number of unbranched alkanes of at least 4 members (excludes halogenated alkanes) is 1. The summed E-state index contributed by atoms with van der Waals surface area (Å²) in [6.07, 6.45) is 4.84. The van der Waals surface area contributed by atoms with Crippen LogP contribution in [-0.2, 0) is 19.4 Å². The van der Waals surface area contributed by atoms with Crippen LogP contribution in [0.1, 0.15) is 47.2 Å². The van der Waals surface area contributed by atoms with Crippen LogP contribution < -0.4 is 11.0 Å². The van der Waals surface area contributed by atoms with E-state index in [9.17, 15) is 14.7 Å². The Bertz CT molecular complexity index is 1130. The summed E-state index contributed by atoms with van der Waals surface area (Å²) in [5, 5.41) is 13.3. The van der Waals surface area contributed by atoms with E-state index in [4.69, 9.17) is 11.6 Å². The second-order valence-electron chi connectivity index (χ2n) is 7.84. The molecule has 3 aromatic rings. The van der Waals surface area contributed by atoms with Gasteiger partial charge in [-0.3, -0.25) is 9.36 Å². The molecule has 1 aliphatic heterocycles. The van der Waals surface area contributed by atoms with Crippen LogP contribution in [0.5, 0.6) is 5.75 Å². The summed E-state index contributed by atoms with van der Waals surface area (Å²) >= 11 is 6.11. The van der Waals surface area contributed by atoms with Crippen molar-refractivity contribution in [3.63, 3.8) is 0 Å². The summed E-state index contributed by atoms with van der Waals surface area (Å²) in [4.78, 5) is 27.8. The summed E-state index contributed by atoms with van der Waals surface area (Å²) < 4.78 is 1.76. The van der Waals surface area contributed by atoms with Gasteiger partial charge in [-0.15, -0.1) is 0 Å². The second-order valence-corrected chi connectivity index (χ2v) is 8.24. The predicted molar refractivity (Wildman–Crippen MR) is 119 cm³/mol. The number of aromatic hydroxyl groups is 1. The Kier molecular flexibility index (Phi) is 6.25. The van der Waals surface area contributed by atoms with E-state index in [1.807, 2.05) is 18.2 Å². The molecule has 0 saturated carbocycles. The van der Waals surface area contributed by atoms with Crippen molar-refractivity contribution in [2.45, 2.75) is 45.1 Å². The van der Waals surface area contributed by atoms with Gasteiger partial charge in [0.15, 0.2) is 5.78 Å². The molecule has 0 spiro atoms. The van der Waals surface area contributed by atoms with Gasteiger partial charge >= 0.3 is 5.69 Å². The number of rotatable bonds is 9. The van der Waals surface area contributed by atoms with Crippen molar-refractivity contribution in [2.24, 2.45) is 0 Å². The van der Waals surface area contributed by atoms with Crippen LogP contribution in [0.2, 0.25) is 5.02 Å². The normalized spacial score (nSPS) is 13.1. The number of phenols is 1. The first kappa shape index (κ1) is 20.7. The molecule has 1 aromatic heterocycles. The first-order valence-electron chi connectivity index (χ1n) is 10.5. The summed E-state index contributed by atoms with van der Waals surface area (Å²) in [6, 6.07) is 8.89. The molecule has 0 fully saturated rings. The van der Waals surface area contributed by atoms with Gasteiger partial charge in [0.25, 0.3) is 0 Å². The number of benzene rings is 2. The molecular formula is C23H26ClN3O3. The van der Waals surface area contributed by atoms with E-state index in [1.165, 1.54) is 0 Å². The summed E-state index contributed by atoms with van der Waals surface area (Å²) in [5.74, 6) is 0.252. The summed E-state index contributed by atoms with van der Waals surface area (Å²) in [7, 11) is 0. The van der Waals surface area contributed by atoms with Crippen molar-refractivity contribution >= 4 is 28.4 Å². The van der Waals surface area contributed by atoms with Crippen LogP contribution in [-0.4, -0.2) is 33.5 Å². The molecule has 2 heterocycles. The smallest absolute Gasteiger partial charge is 0.326 e. The molecule has 7 heteroatoms. The molecule has 3 N–H and O–H groups in total. The molecular weight excluding hydrogens is 402 g/mol. The number of aryl methyl sites for hydroxylation is 2. The lowest BCUT2D eigenvalue weighted by atomic mass is 9.98. The fourth-order valence-electron chi connectivity index (χ4n) is 4.18. The second kappa shape index (κ2) is 9.06. The first-order valence-corrected chi connectivity index (χ1v) is 10.9. The number of halogens is 1. The average Bonchev–Trinajstić information content (AvgIpc) is 3.07. The molecule has 2 aromatic carbocycles. The topological polar surface area (TPSA) is 87.1 Å². The van der Waals surface area contributed by atoms with E-state index in [1.54, 1.807) is 16.7 Å². The standard InChI is InChI=1S/C23H26ClN3O3/c24-19-14-17(28)8-6-15(19)10-12-25-11-2-1-5-20(29)18-9-7-16-4-3-13-27-22(16)21(18)26-23(27)30/h6-9,14,25,28H,1-5,10-13H2,(H,26,30). The summed E-state index contributed by atoms with van der Waals surface area (Å²) in [5.41, 5.74) is 4.26. The maximum absolute atomic E-state index is 12.7. The molecule has 0 saturated heterocycles. The Morgan fingerprint density at radius 2 is 2.07 bits per heavy atom. The zero-order chi connectivity index (χ0) is 21.1. The van der Waals surface area contributed by atoms with E-state index in [0.29, 0.717) is 29.1 Å². The van der Waals surface area contributed by atoms with E-state index < -0.39 is 0 Å². The minimum absolute atomic E-state index is 0.0800. The number of aromatic amines is 1. The fourth-order valence-corrected chi connectivity index (χ4v) is 4.45. The highest BCUT2D eigenvalue weighted by Crippen LogP contribution is 2.26. The van der Waals surface area contributed by atoms with Crippen molar-refractivity contribution in [1.29, 1.82) is 0 Å². The van der Waals surface area contributed by atoms with Crippen molar-refractivity contribution < 1.29 is 9.90 Å². The number of carbonyl (C=O) groups excluding carboxylic acids is 1. The van der Waals surface area contributed by atoms with Gasteiger partial charge in [-0.25, -0.2) is 4.79 Å². The van der Waals surface area contributed by atoms with Gasteiger partial charge in [-0.2, -0.15) is 0 Å². The third-order valence-corrected chi connectivity index (χ3v) is 6.10. The minimum atomic E-state index is -0.121. The number of hydrogen-bond donors (Lipinski definition) is 3. The van der Waals surface area contributed by atoms with Gasteiger partial charge in [-0.05, 0) is 74.5 Å². The van der Waals surface area contributed by atoms with Crippen LogP contribution in [0.25, 0.3) is 11.0 Å². The van der Waals surface area contributed by atoms with E-state index in [0.717, 1.165) is 61.8 Å². The molecule has 30 heavy (non-hydrogen) atoms. The van der Waals surface area contributed by atoms with E-state index >= 15 is 0 Å². The van der Waals surface area contributed by atoms with Crippen LogP contribution in [0.3, 0.4) is 0 Å². The number of imidazole rings is 1. The first-order chi connectivity index (χ1) is 14.5. The van der Waals surface area contributed by atoms with Gasteiger partial charge in [0.2, 0.25) is 0 Å². The van der Waals surface area contributed by atoms with Gasteiger partial charge in [0, 0.05) is 23.6 Å². The summed E-state index contributed by atoms with van der Waals surface area (Å²) in [6.45, 7) is 2.32. The molecule has 0 bridgehead atoms. The Balaban J connectivity index is 1.25. The SMILES string of the molecule is O=C(CCCCNCCc1ccc(O)cc1Cl)c1ccc2c3c1[nH]c(=O)n3CCC2. The third kappa shape index (κ3) is 4.30. The third-order valence-electron chi connectivity index (χ3n) is 5.75. The number of hydrogen-bond acceptors (Lipinski definition) is 4. The molecule has 0 amide bonds. The lowest BCUT2D eigenvalue weighted by Gasteiger charge is -2.14. The molecule has 0 atom stereocenters. The molecule has 6 nitrogen and oxygen atoms in total. The number of nitrogens with one attached hydrogen (secondary N) is 2. The zero-order valence-electron chi connectivity index (χ0n) is 16.8. The van der Waals surface area contributed by atoms with Crippen molar-refractivity contribution in [1.82, 2.24) is 14.9 Å². The van der Waals surface area contributed by atoms with E-state index in [-0.39, 0.29) is 17.2 Å². The molecule has 4 rings (SSSR count). The highest BCUT2D eigenvalue weighted by atomic mass is 35.5. The van der Waals surface area contributed by atoms with Crippen LogP contribution in [0.15, 0.2) is 35.1 Å². The number of ketones is 1. The molecule has 158 valence electrons. The van der Waals surface area contributed by atoms with Crippen molar-refractivity contribution in [3.8, 4) is 5.75 Å². The zero-order valence-corrected chi connectivity index (χ0v) is 17.6. The van der Waals surface area contributed by atoms with Crippen molar-refractivity contribution in [3.05, 3.63) is 62.5 Å². The van der Waals surface area contributed by atoms with Crippen LogP contribution in [0, 0.1) is 0 Å². The Labute approximate surface area is 179 Å². The largest absolute Gasteiger partial charge is 0.508 e. The molecule has 0 aliphatic carbocycles. The molecule has 1 aliphatic rings. The fraction of sp³-hybridized carbons (Fsp3) is 0.391. The Hall–Kier alpha value is -2.57. The van der Waals surface area contributed by atoms with Gasteiger partial charge in [0.05, 0.1) is 11.0 Å². The number of aromatic nitrogens is 2. The maximum Gasteiger partial charge on any atom is 0.326 e. The molecule has 0 unspecified atom stereocenters. The average molecular weight is 428 g/mol. The van der Waals surface area contributed by atoms with Crippen LogP contribution in [0.4, 0.5) is 0 Å². The van der Waals surface area contributed by atoms with Crippen LogP contribution >= 0.6 is 11.6 Å². The number of nitrogens with zero attached hydrogens (tertiary/aromatic N) is 1. The van der Waals surface area contributed by atoms with E-state index in [2.05, 4.69) is 10.3 Å². The number of Topliss-reactive ketones (excluding diaryl/α,β-unsaturated/α-hetero) is 1. The minimum Gasteiger partial charge on any atom is -0.508 e. The number of H-pyrrole nitrogens is 1. The lowest BCUT2D eigenvalue weighted by molar-refractivity contribution is 0.0981. The quantitative estimate of drug-likeness (QED) is 0.358. The lowest BCUT2D eigenvalue weighted by Crippen LogP contribution is -2.20. The predicted octanol–water partition coefficient (Wildman–Crippen LogP) is 3.82. The monoisotopic (exact) mass is 427 g/mol. The van der Waals surface area contributed by atoms with Gasteiger partial charge < -0.3 is 15.4 Å².